The van der Waals surface area contributed by atoms with E-state index in [1.165, 1.54) is 11.3 Å². The minimum Gasteiger partial charge on any atom is -0.497 e. The minimum atomic E-state index is -0.176. The molecule has 0 aliphatic rings. The highest BCUT2D eigenvalue weighted by Gasteiger charge is 2.17. The number of aryl methyl sites for hydroxylation is 1. The van der Waals surface area contributed by atoms with Gasteiger partial charge in [-0.05, 0) is 67.7 Å². The van der Waals surface area contributed by atoms with E-state index in [0.29, 0.717) is 38.2 Å². The molecule has 2 aromatic heterocycles. The first-order chi connectivity index (χ1) is 14.5. The summed E-state index contributed by atoms with van der Waals surface area (Å²) in [4.78, 5) is 18.2. The third kappa shape index (κ3) is 3.57. The van der Waals surface area contributed by atoms with Gasteiger partial charge in [0.2, 0.25) is 5.95 Å². The molecule has 0 aliphatic carbocycles. The highest BCUT2D eigenvalue weighted by molar-refractivity contribution is 7.73. The molecular weight excluding hydrogens is 420 g/mol. The Morgan fingerprint density at radius 1 is 1.03 bits per heavy atom. The number of anilines is 2. The van der Waals surface area contributed by atoms with E-state index in [1.807, 2.05) is 60.0 Å². The van der Waals surface area contributed by atoms with Crippen LogP contribution in [-0.2, 0) is 6.54 Å². The van der Waals surface area contributed by atoms with Crippen molar-refractivity contribution in [3.8, 4) is 17.2 Å². The van der Waals surface area contributed by atoms with Crippen LogP contribution < -0.4 is 20.3 Å². The number of thiazole rings is 1. The Morgan fingerprint density at radius 2 is 1.63 bits per heavy atom. The maximum Gasteiger partial charge on any atom is 0.279 e. The minimum absolute atomic E-state index is 0.176. The number of hydrogen-bond donors (Lipinski definition) is 1. The lowest BCUT2D eigenvalue weighted by molar-refractivity contribution is 0.414. The second-order valence-corrected chi connectivity index (χ2v) is 8.04. The first-order valence-corrected chi connectivity index (χ1v) is 10.5. The largest absolute Gasteiger partial charge is 0.497 e. The van der Waals surface area contributed by atoms with Crippen molar-refractivity contribution in [1.29, 1.82) is 0 Å². The van der Waals surface area contributed by atoms with E-state index in [4.69, 9.17) is 26.7 Å². The zero-order chi connectivity index (χ0) is 21.3. The molecule has 1 N–H and O–H groups in total. The van der Waals surface area contributed by atoms with Crippen LogP contribution in [0.5, 0.6) is 11.5 Å². The SMILES string of the molecule is CCn1c(=S)sc2c(=O)n(-c3ccc(OC)cc3)c(Nc3ccc(OC)cc3)nc21. The zero-order valence-corrected chi connectivity index (χ0v) is 18.3. The molecule has 0 spiro atoms. The number of rotatable bonds is 6. The van der Waals surface area contributed by atoms with Crippen LogP contribution in [-0.4, -0.2) is 28.3 Å². The van der Waals surface area contributed by atoms with Gasteiger partial charge in [0, 0.05) is 12.2 Å². The van der Waals surface area contributed by atoms with Crippen LogP contribution in [0.4, 0.5) is 11.6 Å². The third-order valence-electron chi connectivity index (χ3n) is 4.68. The maximum absolute atomic E-state index is 13.5. The van der Waals surface area contributed by atoms with Gasteiger partial charge in [0.05, 0.1) is 19.9 Å². The zero-order valence-electron chi connectivity index (χ0n) is 16.7. The van der Waals surface area contributed by atoms with Crippen molar-refractivity contribution >= 4 is 45.5 Å². The Labute approximate surface area is 182 Å². The van der Waals surface area contributed by atoms with E-state index in [9.17, 15) is 4.79 Å². The molecule has 0 aliphatic heterocycles. The van der Waals surface area contributed by atoms with Gasteiger partial charge < -0.3 is 19.4 Å². The lowest BCUT2D eigenvalue weighted by atomic mass is 10.3. The van der Waals surface area contributed by atoms with Crippen LogP contribution in [0.15, 0.2) is 53.3 Å². The van der Waals surface area contributed by atoms with Crippen molar-refractivity contribution in [2.24, 2.45) is 0 Å². The summed E-state index contributed by atoms with van der Waals surface area (Å²) in [7, 11) is 3.22. The maximum atomic E-state index is 13.5. The Morgan fingerprint density at radius 3 is 2.20 bits per heavy atom. The molecule has 0 saturated heterocycles. The standard InChI is InChI=1S/C21H20N4O3S2/c1-4-24-18-17(30-21(24)29)19(26)25(14-7-11-16(28-3)12-8-14)20(23-18)22-13-5-9-15(27-2)10-6-13/h5-12H,4H2,1-3H3,(H,22,23). The fourth-order valence-corrected chi connectivity index (χ4v) is 4.52. The van der Waals surface area contributed by atoms with Crippen LogP contribution in [0.3, 0.4) is 0 Å². The molecule has 7 nitrogen and oxygen atoms in total. The summed E-state index contributed by atoms with van der Waals surface area (Å²) >= 11 is 6.73. The number of aromatic nitrogens is 3. The number of nitrogens with zero attached hydrogens (tertiary/aromatic N) is 3. The van der Waals surface area contributed by atoms with E-state index in [1.54, 1.807) is 18.8 Å². The molecule has 0 bridgehead atoms. The molecule has 2 aromatic carbocycles. The lowest BCUT2D eigenvalue weighted by Crippen LogP contribution is -2.22. The number of hydrogen-bond acceptors (Lipinski definition) is 7. The van der Waals surface area contributed by atoms with Crippen LogP contribution in [0, 0.1) is 3.95 Å². The van der Waals surface area contributed by atoms with Crippen LogP contribution in [0.1, 0.15) is 6.92 Å². The topological polar surface area (TPSA) is 70.3 Å². The Bertz CT molecular complexity index is 1310. The fourth-order valence-electron chi connectivity index (χ4n) is 3.13. The molecule has 4 rings (SSSR count). The quantitative estimate of drug-likeness (QED) is 0.436. The summed E-state index contributed by atoms with van der Waals surface area (Å²) in [6.45, 7) is 2.62. The second kappa shape index (κ2) is 8.29. The number of nitrogens with one attached hydrogen (secondary N) is 1. The van der Waals surface area contributed by atoms with Crippen molar-refractivity contribution in [2.75, 3.05) is 19.5 Å². The predicted octanol–water partition coefficient (Wildman–Crippen LogP) is 4.76. The predicted molar refractivity (Wildman–Crippen MR) is 123 cm³/mol. The molecule has 0 radical (unpaired) electrons. The second-order valence-electron chi connectivity index (χ2n) is 6.39. The van der Waals surface area contributed by atoms with Crippen molar-refractivity contribution < 1.29 is 9.47 Å². The van der Waals surface area contributed by atoms with Crippen LogP contribution >= 0.6 is 23.6 Å². The Balaban J connectivity index is 1.94. The van der Waals surface area contributed by atoms with E-state index in [2.05, 4.69) is 5.32 Å². The van der Waals surface area contributed by atoms with Gasteiger partial charge in [-0.3, -0.25) is 4.79 Å². The fraction of sp³-hybridized carbons (Fsp3) is 0.190. The molecule has 9 heteroatoms. The average molecular weight is 441 g/mol. The summed E-state index contributed by atoms with van der Waals surface area (Å²) in [6.07, 6.45) is 0. The molecule has 0 unspecified atom stereocenters. The van der Waals surface area contributed by atoms with Gasteiger partial charge in [-0.25, -0.2) is 4.57 Å². The van der Waals surface area contributed by atoms with Gasteiger partial charge in [0.1, 0.15) is 16.2 Å². The molecule has 30 heavy (non-hydrogen) atoms. The molecule has 0 amide bonds. The highest BCUT2D eigenvalue weighted by Crippen LogP contribution is 2.25. The van der Waals surface area contributed by atoms with Gasteiger partial charge in [-0.15, -0.1) is 0 Å². The molecule has 2 heterocycles. The summed E-state index contributed by atoms with van der Waals surface area (Å²) in [5.74, 6) is 1.85. The number of ether oxygens (including phenoxy) is 2. The average Bonchev–Trinajstić information content (AvgIpc) is 3.10. The number of benzene rings is 2. The normalized spacial score (nSPS) is 10.9. The Hall–Kier alpha value is -3.17. The molecule has 0 atom stereocenters. The Kier molecular flexibility index (Phi) is 5.56. The summed E-state index contributed by atoms with van der Waals surface area (Å²) < 4.78 is 15.0. The monoisotopic (exact) mass is 440 g/mol. The van der Waals surface area contributed by atoms with Crippen LogP contribution in [0.2, 0.25) is 0 Å². The smallest absolute Gasteiger partial charge is 0.279 e. The van der Waals surface area contributed by atoms with Gasteiger partial charge in [-0.2, -0.15) is 4.98 Å². The summed E-state index contributed by atoms with van der Waals surface area (Å²) in [5.41, 5.74) is 1.86. The van der Waals surface area contributed by atoms with Crippen molar-refractivity contribution in [3.63, 3.8) is 0 Å². The molecule has 154 valence electrons. The van der Waals surface area contributed by atoms with Crippen LogP contribution in [0.25, 0.3) is 16.0 Å². The summed E-state index contributed by atoms with van der Waals surface area (Å²) in [5, 5.41) is 3.27. The highest BCUT2D eigenvalue weighted by atomic mass is 32.1. The van der Waals surface area contributed by atoms with E-state index >= 15 is 0 Å². The van der Waals surface area contributed by atoms with E-state index in [0.717, 1.165) is 11.4 Å². The van der Waals surface area contributed by atoms with Gasteiger partial charge in [0.25, 0.3) is 5.56 Å². The first-order valence-electron chi connectivity index (χ1n) is 9.27. The van der Waals surface area contributed by atoms with Crippen molar-refractivity contribution in [1.82, 2.24) is 14.1 Å². The lowest BCUT2D eigenvalue weighted by Gasteiger charge is -2.15. The van der Waals surface area contributed by atoms with E-state index in [-0.39, 0.29) is 5.56 Å². The van der Waals surface area contributed by atoms with Gasteiger partial charge in [-0.1, -0.05) is 11.3 Å². The van der Waals surface area contributed by atoms with Gasteiger partial charge in [0.15, 0.2) is 9.60 Å². The molecule has 0 saturated carbocycles. The number of fused-ring (bicyclic) bond motifs is 1. The third-order valence-corrected chi connectivity index (χ3v) is 6.11. The molecule has 0 fully saturated rings. The molecular formula is C21H20N4O3S2. The number of methoxy groups -OCH3 is 2. The van der Waals surface area contributed by atoms with Crippen molar-refractivity contribution in [2.45, 2.75) is 13.5 Å². The van der Waals surface area contributed by atoms with Gasteiger partial charge >= 0.3 is 0 Å². The van der Waals surface area contributed by atoms with E-state index < -0.39 is 0 Å². The van der Waals surface area contributed by atoms with Crippen molar-refractivity contribution in [3.05, 3.63) is 62.8 Å². The summed E-state index contributed by atoms with van der Waals surface area (Å²) in [6, 6.07) is 14.7. The first kappa shape index (κ1) is 20.1. The molecule has 4 aromatic rings.